The van der Waals surface area contributed by atoms with Gasteiger partial charge in [-0.25, -0.2) is 4.98 Å². The van der Waals surface area contributed by atoms with Crippen molar-refractivity contribution in [2.24, 2.45) is 10.9 Å². The van der Waals surface area contributed by atoms with Gasteiger partial charge in [-0.15, -0.1) is 0 Å². The van der Waals surface area contributed by atoms with Crippen molar-refractivity contribution in [1.29, 1.82) is 0 Å². The van der Waals surface area contributed by atoms with Crippen LogP contribution in [0.5, 0.6) is 6.01 Å². The van der Waals surface area contributed by atoms with Crippen LogP contribution >= 0.6 is 0 Å². The molecule has 1 unspecified atom stereocenters. The van der Waals surface area contributed by atoms with E-state index in [9.17, 15) is 13.2 Å². The molecular formula is C8H9F3N4O2. The highest BCUT2D eigenvalue weighted by Crippen LogP contribution is 2.22. The number of nitrogens with zero attached hydrogens (tertiary/aromatic N) is 3. The number of hydrogen-bond donors (Lipinski definition) is 2. The van der Waals surface area contributed by atoms with Gasteiger partial charge in [0.15, 0.2) is 11.9 Å². The minimum atomic E-state index is -4.52. The number of alkyl halides is 3. The van der Waals surface area contributed by atoms with Crippen molar-refractivity contribution < 1.29 is 23.1 Å². The van der Waals surface area contributed by atoms with Crippen LogP contribution in [-0.4, -0.2) is 33.3 Å². The number of amidine groups is 1. The molecular weight excluding hydrogens is 241 g/mol. The SMILES string of the molecule is CC(Oc1nccc(/C(N)=N/O)n1)C(F)(F)F. The minimum absolute atomic E-state index is 0.0353. The third-order valence-corrected chi connectivity index (χ3v) is 1.75. The summed E-state index contributed by atoms with van der Waals surface area (Å²) in [7, 11) is 0. The largest absolute Gasteiger partial charge is 0.451 e. The van der Waals surface area contributed by atoms with E-state index in [1.165, 1.54) is 6.07 Å². The average Bonchev–Trinajstić information content (AvgIpc) is 2.27. The van der Waals surface area contributed by atoms with Crippen LogP contribution < -0.4 is 10.5 Å². The molecule has 1 aromatic rings. The van der Waals surface area contributed by atoms with Gasteiger partial charge >= 0.3 is 12.2 Å². The number of nitrogens with two attached hydrogens (primary N) is 1. The van der Waals surface area contributed by atoms with Crippen LogP contribution in [0.15, 0.2) is 17.4 Å². The number of halogens is 3. The van der Waals surface area contributed by atoms with E-state index in [4.69, 9.17) is 10.9 Å². The van der Waals surface area contributed by atoms with Gasteiger partial charge in [-0.1, -0.05) is 5.16 Å². The molecule has 0 spiro atoms. The second-order valence-electron chi connectivity index (χ2n) is 3.01. The van der Waals surface area contributed by atoms with E-state index < -0.39 is 18.3 Å². The Labute approximate surface area is 93.9 Å². The molecule has 0 fully saturated rings. The zero-order valence-corrected chi connectivity index (χ0v) is 8.64. The second-order valence-corrected chi connectivity index (χ2v) is 3.01. The van der Waals surface area contributed by atoms with Gasteiger partial charge in [-0.2, -0.15) is 18.2 Å². The summed E-state index contributed by atoms with van der Waals surface area (Å²) >= 11 is 0. The van der Waals surface area contributed by atoms with Crippen molar-refractivity contribution in [3.8, 4) is 6.01 Å². The number of hydrogen-bond acceptors (Lipinski definition) is 5. The highest BCUT2D eigenvalue weighted by atomic mass is 19.4. The van der Waals surface area contributed by atoms with E-state index >= 15 is 0 Å². The van der Waals surface area contributed by atoms with Gasteiger partial charge in [0.1, 0.15) is 5.69 Å². The van der Waals surface area contributed by atoms with Gasteiger partial charge in [0.2, 0.25) is 0 Å². The van der Waals surface area contributed by atoms with E-state index in [0.717, 1.165) is 13.1 Å². The Morgan fingerprint density at radius 3 is 2.76 bits per heavy atom. The lowest BCUT2D eigenvalue weighted by Gasteiger charge is -2.16. The standard InChI is InChI=1S/C8H9F3N4O2/c1-4(8(9,10)11)17-7-13-3-2-5(14-7)6(12)15-16/h2-4,16H,1H3,(H2,12,15). The molecule has 17 heavy (non-hydrogen) atoms. The highest BCUT2D eigenvalue weighted by Gasteiger charge is 2.38. The van der Waals surface area contributed by atoms with Crippen LogP contribution in [0, 0.1) is 0 Å². The lowest BCUT2D eigenvalue weighted by Crippen LogP contribution is -2.32. The molecule has 1 aromatic heterocycles. The monoisotopic (exact) mass is 250 g/mol. The first-order valence-corrected chi connectivity index (χ1v) is 4.39. The van der Waals surface area contributed by atoms with Gasteiger partial charge in [0.05, 0.1) is 0 Å². The van der Waals surface area contributed by atoms with Crippen LogP contribution in [0.4, 0.5) is 13.2 Å². The van der Waals surface area contributed by atoms with Crippen LogP contribution in [0.3, 0.4) is 0 Å². The summed E-state index contributed by atoms with van der Waals surface area (Å²) in [5, 5.41) is 11.0. The molecule has 0 bridgehead atoms. The number of rotatable bonds is 3. The number of aromatic nitrogens is 2. The third kappa shape index (κ3) is 3.47. The maximum absolute atomic E-state index is 12.2. The minimum Gasteiger partial charge on any atom is -0.451 e. The molecule has 0 saturated heterocycles. The van der Waals surface area contributed by atoms with Crippen molar-refractivity contribution in [3.05, 3.63) is 18.0 Å². The van der Waals surface area contributed by atoms with Crippen molar-refractivity contribution in [2.45, 2.75) is 19.2 Å². The van der Waals surface area contributed by atoms with Crippen LogP contribution in [-0.2, 0) is 0 Å². The first kappa shape index (κ1) is 13.0. The van der Waals surface area contributed by atoms with E-state index in [2.05, 4.69) is 19.9 Å². The summed E-state index contributed by atoms with van der Waals surface area (Å²) in [5.74, 6) is -0.350. The first-order chi connectivity index (χ1) is 7.84. The quantitative estimate of drug-likeness (QED) is 0.360. The Bertz CT molecular complexity index is 421. The molecule has 6 nitrogen and oxygen atoms in total. The summed E-state index contributed by atoms with van der Waals surface area (Å²) in [6.07, 6.45) is -5.43. The van der Waals surface area contributed by atoms with Crippen molar-refractivity contribution in [1.82, 2.24) is 9.97 Å². The highest BCUT2D eigenvalue weighted by molar-refractivity contribution is 5.95. The molecule has 0 aliphatic carbocycles. The molecule has 0 radical (unpaired) electrons. The zero-order valence-electron chi connectivity index (χ0n) is 8.64. The van der Waals surface area contributed by atoms with Gasteiger partial charge in [-0.3, -0.25) is 0 Å². The topological polar surface area (TPSA) is 93.6 Å². The fraction of sp³-hybridized carbons (Fsp3) is 0.375. The van der Waals surface area contributed by atoms with E-state index in [-0.39, 0.29) is 11.5 Å². The fourth-order valence-corrected chi connectivity index (χ4v) is 0.816. The van der Waals surface area contributed by atoms with Crippen LogP contribution in [0.1, 0.15) is 12.6 Å². The summed E-state index contributed by atoms with van der Waals surface area (Å²) in [6, 6.07) is 0.763. The first-order valence-electron chi connectivity index (χ1n) is 4.39. The molecule has 0 aromatic carbocycles. The second kappa shape index (κ2) is 4.85. The molecule has 0 saturated carbocycles. The Balaban J connectivity index is 2.87. The predicted molar refractivity (Wildman–Crippen MR) is 50.7 cm³/mol. The zero-order chi connectivity index (χ0) is 13.1. The molecule has 9 heteroatoms. The Hall–Kier alpha value is -2.06. The van der Waals surface area contributed by atoms with Crippen molar-refractivity contribution >= 4 is 5.84 Å². The normalized spacial score (nSPS) is 14.5. The molecule has 0 aliphatic heterocycles. The van der Waals surface area contributed by atoms with E-state index in [1.54, 1.807) is 0 Å². The maximum Gasteiger partial charge on any atom is 0.425 e. The molecule has 1 atom stereocenters. The summed E-state index contributed by atoms with van der Waals surface area (Å²) < 4.78 is 41.0. The van der Waals surface area contributed by atoms with Gasteiger partial charge in [0, 0.05) is 6.20 Å². The van der Waals surface area contributed by atoms with Crippen molar-refractivity contribution in [3.63, 3.8) is 0 Å². The third-order valence-electron chi connectivity index (χ3n) is 1.75. The maximum atomic E-state index is 12.2. The van der Waals surface area contributed by atoms with Crippen molar-refractivity contribution in [2.75, 3.05) is 0 Å². The Morgan fingerprint density at radius 2 is 2.24 bits per heavy atom. The predicted octanol–water partition coefficient (Wildman–Crippen LogP) is 0.901. The fourth-order valence-electron chi connectivity index (χ4n) is 0.816. The summed E-state index contributed by atoms with van der Waals surface area (Å²) in [6.45, 7) is 0.819. The lowest BCUT2D eigenvalue weighted by molar-refractivity contribution is -0.190. The molecule has 0 aliphatic rings. The molecule has 3 N–H and O–H groups in total. The summed E-state index contributed by atoms with van der Waals surface area (Å²) in [5.41, 5.74) is 5.18. The average molecular weight is 250 g/mol. The van der Waals surface area contributed by atoms with Gasteiger partial charge in [-0.05, 0) is 13.0 Å². The van der Waals surface area contributed by atoms with Gasteiger partial charge < -0.3 is 15.7 Å². The lowest BCUT2D eigenvalue weighted by atomic mass is 10.4. The molecule has 0 amide bonds. The van der Waals surface area contributed by atoms with Crippen LogP contribution in [0.25, 0.3) is 0 Å². The molecule has 1 rings (SSSR count). The van der Waals surface area contributed by atoms with Crippen LogP contribution in [0.2, 0.25) is 0 Å². The Morgan fingerprint density at radius 1 is 1.59 bits per heavy atom. The van der Waals surface area contributed by atoms with E-state index in [0.29, 0.717) is 0 Å². The van der Waals surface area contributed by atoms with Gasteiger partial charge in [0.25, 0.3) is 0 Å². The number of oxime groups is 1. The smallest absolute Gasteiger partial charge is 0.425 e. The number of ether oxygens (including phenoxy) is 1. The molecule has 1 heterocycles. The van der Waals surface area contributed by atoms with E-state index in [1.807, 2.05) is 0 Å². The summed E-state index contributed by atoms with van der Waals surface area (Å²) in [4.78, 5) is 7.03. The Kier molecular flexibility index (Phi) is 3.71. The molecule has 94 valence electrons.